The molecule has 0 saturated heterocycles. The van der Waals surface area contributed by atoms with Crippen LogP contribution >= 0.6 is 23.4 Å². The summed E-state index contributed by atoms with van der Waals surface area (Å²) in [5.74, 6) is 0.306. The molecule has 1 fully saturated rings. The van der Waals surface area contributed by atoms with Gasteiger partial charge in [0.15, 0.2) is 5.16 Å². The average Bonchev–Trinajstić information content (AvgIpc) is 3.19. The number of carbonyl (C=O) groups is 1. The number of halogens is 1. The molecule has 25 heavy (non-hydrogen) atoms. The SMILES string of the molecule is Cc1nc(SCC(=O)Nc2cccc(Cl)c2C)n(C2CCCC2)c1C. The topological polar surface area (TPSA) is 46.9 Å². The van der Waals surface area contributed by atoms with Crippen molar-refractivity contribution in [2.45, 2.75) is 57.7 Å². The Balaban J connectivity index is 1.68. The molecule has 1 saturated carbocycles. The van der Waals surface area contributed by atoms with E-state index in [1.165, 1.54) is 43.1 Å². The summed E-state index contributed by atoms with van der Waals surface area (Å²) in [4.78, 5) is 17.1. The van der Waals surface area contributed by atoms with Crippen molar-refractivity contribution >= 4 is 35.0 Å². The molecule has 4 nitrogen and oxygen atoms in total. The van der Waals surface area contributed by atoms with Crippen molar-refractivity contribution in [3.8, 4) is 0 Å². The average molecular weight is 378 g/mol. The molecule has 0 unspecified atom stereocenters. The molecule has 1 N–H and O–H groups in total. The highest BCUT2D eigenvalue weighted by atomic mass is 35.5. The van der Waals surface area contributed by atoms with Gasteiger partial charge in [-0.05, 0) is 51.3 Å². The monoisotopic (exact) mass is 377 g/mol. The van der Waals surface area contributed by atoms with Gasteiger partial charge in [0.05, 0.1) is 11.4 Å². The van der Waals surface area contributed by atoms with E-state index in [2.05, 4.69) is 16.8 Å². The number of nitrogens with one attached hydrogen (secondary N) is 1. The zero-order chi connectivity index (χ0) is 18.0. The number of aryl methyl sites for hydroxylation is 1. The second-order valence-electron chi connectivity index (χ2n) is 6.62. The Morgan fingerprint density at radius 3 is 2.76 bits per heavy atom. The number of rotatable bonds is 5. The molecule has 1 aliphatic rings. The number of carbonyl (C=O) groups excluding carboxylic acids is 1. The van der Waals surface area contributed by atoms with Gasteiger partial charge in [-0.15, -0.1) is 0 Å². The fourth-order valence-electron chi connectivity index (χ4n) is 3.35. The van der Waals surface area contributed by atoms with Crippen molar-refractivity contribution in [3.05, 3.63) is 40.2 Å². The normalized spacial score (nSPS) is 14.9. The van der Waals surface area contributed by atoms with Crippen molar-refractivity contribution in [2.75, 3.05) is 11.1 Å². The number of anilines is 1. The minimum Gasteiger partial charge on any atom is -0.325 e. The summed E-state index contributed by atoms with van der Waals surface area (Å²) in [7, 11) is 0. The molecule has 3 rings (SSSR count). The van der Waals surface area contributed by atoms with Crippen LogP contribution in [0, 0.1) is 20.8 Å². The predicted octanol–water partition coefficient (Wildman–Crippen LogP) is 5.31. The Hall–Kier alpha value is -1.46. The highest BCUT2D eigenvalue weighted by Gasteiger charge is 2.23. The van der Waals surface area contributed by atoms with Crippen LogP contribution < -0.4 is 5.32 Å². The van der Waals surface area contributed by atoms with Gasteiger partial charge in [0.25, 0.3) is 0 Å². The van der Waals surface area contributed by atoms with Crippen LogP contribution in [-0.4, -0.2) is 21.2 Å². The Labute approximate surface area is 158 Å². The van der Waals surface area contributed by atoms with Crippen LogP contribution in [-0.2, 0) is 4.79 Å². The summed E-state index contributed by atoms with van der Waals surface area (Å²) in [5, 5.41) is 4.57. The van der Waals surface area contributed by atoms with Gasteiger partial charge in [-0.25, -0.2) is 4.98 Å². The molecule has 2 aromatic rings. The van der Waals surface area contributed by atoms with E-state index in [9.17, 15) is 4.79 Å². The molecule has 1 heterocycles. The standard InChI is InChI=1S/C19H24ClN3OS/c1-12-16(20)9-6-10-17(12)22-18(24)11-25-19-21-13(2)14(3)23(19)15-7-4-5-8-15/h6,9-10,15H,4-5,7-8,11H2,1-3H3,(H,22,24). The second kappa shape index (κ2) is 7.83. The first kappa shape index (κ1) is 18.3. The molecule has 1 aromatic heterocycles. The van der Waals surface area contributed by atoms with Gasteiger partial charge in [-0.2, -0.15) is 0 Å². The van der Waals surface area contributed by atoms with Crippen molar-refractivity contribution in [1.29, 1.82) is 0 Å². The molecular formula is C19H24ClN3OS. The smallest absolute Gasteiger partial charge is 0.234 e. The third kappa shape index (κ3) is 4.04. The Morgan fingerprint density at radius 2 is 2.04 bits per heavy atom. The summed E-state index contributed by atoms with van der Waals surface area (Å²) in [6.45, 7) is 6.07. The van der Waals surface area contributed by atoms with Crippen LogP contribution in [0.1, 0.15) is 48.7 Å². The molecule has 0 aliphatic heterocycles. The lowest BCUT2D eigenvalue weighted by Crippen LogP contribution is -2.16. The van der Waals surface area contributed by atoms with Crippen LogP contribution in [0.25, 0.3) is 0 Å². The molecule has 0 radical (unpaired) electrons. The minimum absolute atomic E-state index is 0.0355. The lowest BCUT2D eigenvalue weighted by molar-refractivity contribution is -0.113. The number of benzene rings is 1. The predicted molar refractivity (Wildman–Crippen MR) is 105 cm³/mol. The largest absolute Gasteiger partial charge is 0.325 e. The summed E-state index contributed by atoms with van der Waals surface area (Å²) < 4.78 is 2.34. The van der Waals surface area contributed by atoms with Gasteiger partial charge in [0.2, 0.25) is 5.91 Å². The maximum absolute atomic E-state index is 12.4. The lowest BCUT2D eigenvalue weighted by atomic mass is 10.2. The van der Waals surface area contributed by atoms with Crippen molar-refractivity contribution in [3.63, 3.8) is 0 Å². The molecule has 134 valence electrons. The van der Waals surface area contributed by atoms with E-state index in [1.807, 2.05) is 32.0 Å². The van der Waals surface area contributed by atoms with E-state index < -0.39 is 0 Å². The molecule has 1 aliphatic carbocycles. The number of amides is 1. The summed E-state index contributed by atoms with van der Waals surface area (Å²) in [6, 6.07) is 6.07. The Morgan fingerprint density at radius 1 is 1.32 bits per heavy atom. The molecular weight excluding hydrogens is 354 g/mol. The quantitative estimate of drug-likeness (QED) is 0.718. The van der Waals surface area contributed by atoms with Crippen LogP contribution in [0.5, 0.6) is 0 Å². The highest BCUT2D eigenvalue weighted by Crippen LogP contribution is 2.35. The fourth-order valence-corrected chi connectivity index (χ4v) is 4.48. The number of nitrogens with zero attached hydrogens (tertiary/aromatic N) is 2. The lowest BCUT2D eigenvalue weighted by Gasteiger charge is -2.17. The van der Waals surface area contributed by atoms with Crippen molar-refractivity contribution in [2.24, 2.45) is 0 Å². The molecule has 1 aromatic carbocycles. The van der Waals surface area contributed by atoms with Gasteiger partial charge in [0, 0.05) is 22.4 Å². The number of aromatic nitrogens is 2. The number of hydrogen-bond acceptors (Lipinski definition) is 3. The van der Waals surface area contributed by atoms with E-state index in [0.717, 1.165) is 22.1 Å². The minimum atomic E-state index is -0.0355. The van der Waals surface area contributed by atoms with Gasteiger partial charge < -0.3 is 9.88 Å². The van der Waals surface area contributed by atoms with Crippen LogP contribution in [0.15, 0.2) is 23.4 Å². The van der Waals surface area contributed by atoms with E-state index in [1.54, 1.807) is 0 Å². The molecule has 6 heteroatoms. The van der Waals surface area contributed by atoms with E-state index >= 15 is 0 Å². The van der Waals surface area contributed by atoms with Crippen molar-refractivity contribution < 1.29 is 4.79 Å². The number of thioether (sulfide) groups is 1. The first-order valence-electron chi connectivity index (χ1n) is 8.70. The molecule has 0 spiro atoms. The highest BCUT2D eigenvalue weighted by molar-refractivity contribution is 7.99. The fraction of sp³-hybridized carbons (Fsp3) is 0.474. The molecule has 0 atom stereocenters. The number of imidazole rings is 1. The Bertz CT molecular complexity index is 781. The molecule has 1 amide bonds. The van der Waals surface area contributed by atoms with Gasteiger partial charge >= 0.3 is 0 Å². The maximum Gasteiger partial charge on any atom is 0.234 e. The van der Waals surface area contributed by atoms with E-state index in [0.29, 0.717) is 16.8 Å². The second-order valence-corrected chi connectivity index (χ2v) is 7.97. The van der Waals surface area contributed by atoms with Gasteiger partial charge in [0.1, 0.15) is 0 Å². The zero-order valence-corrected chi connectivity index (χ0v) is 16.5. The third-order valence-corrected chi connectivity index (χ3v) is 6.28. The van der Waals surface area contributed by atoms with Gasteiger partial charge in [-0.1, -0.05) is 42.3 Å². The molecule has 0 bridgehead atoms. The summed E-state index contributed by atoms with van der Waals surface area (Å²) >= 11 is 7.63. The zero-order valence-electron chi connectivity index (χ0n) is 14.9. The van der Waals surface area contributed by atoms with E-state index in [-0.39, 0.29) is 5.91 Å². The van der Waals surface area contributed by atoms with E-state index in [4.69, 9.17) is 16.6 Å². The first-order valence-corrected chi connectivity index (χ1v) is 10.1. The third-order valence-electron chi connectivity index (χ3n) is 4.92. The summed E-state index contributed by atoms with van der Waals surface area (Å²) in [5.41, 5.74) is 3.94. The summed E-state index contributed by atoms with van der Waals surface area (Å²) in [6.07, 6.45) is 4.97. The maximum atomic E-state index is 12.4. The van der Waals surface area contributed by atoms with Crippen LogP contribution in [0.4, 0.5) is 5.69 Å². The number of hydrogen-bond donors (Lipinski definition) is 1. The Kier molecular flexibility index (Phi) is 5.74. The van der Waals surface area contributed by atoms with Crippen LogP contribution in [0.3, 0.4) is 0 Å². The van der Waals surface area contributed by atoms with Crippen molar-refractivity contribution in [1.82, 2.24) is 9.55 Å². The van der Waals surface area contributed by atoms with Crippen LogP contribution in [0.2, 0.25) is 5.02 Å². The first-order chi connectivity index (χ1) is 12.0. The van der Waals surface area contributed by atoms with Gasteiger partial charge in [-0.3, -0.25) is 4.79 Å².